The fraction of sp³-hybridized carbons (Fsp3) is 0.200. The third kappa shape index (κ3) is 4.17. The number of ketones is 1. The molecule has 1 unspecified atom stereocenters. The molecule has 1 aliphatic heterocycles. The molecule has 0 spiro atoms. The summed E-state index contributed by atoms with van der Waals surface area (Å²) >= 11 is 1.21. The highest BCUT2D eigenvalue weighted by Gasteiger charge is 2.44. The molecule has 0 fully saturated rings. The number of carbonyl (C=O) groups excluding carboxylic acids is 2. The molecule has 4 rings (SSSR count). The van der Waals surface area contributed by atoms with Crippen molar-refractivity contribution in [2.75, 3.05) is 7.11 Å². The number of carboxylic acid groups (broad SMARTS) is 1. The van der Waals surface area contributed by atoms with Gasteiger partial charge in [0.1, 0.15) is 5.75 Å². The number of aliphatic hydroxyl groups is 1. The van der Waals surface area contributed by atoms with Crippen molar-refractivity contribution in [3.8, 4) is 5.75 Å². The zero-order valence-corrected chi connectivity index (χ0v) is 19.5. The van der Waals surface area contributed by atoms with Crippen LogP contribution in [-0.2, 0) is 11.3 Å². The normalized spacial score (nSPS) is 15.7. The molecule has 2 aromatic carbocycles. The average Bonchev–Trinajstić information content (AvgIpc) is 3.29. The summed E-state index contributed by atoms with van der Waals surface area (Å²) in [6, 6.07) is 12.2. The number of aliphatic hydroxyl groups excluding tert-OH is 1. The lowest BCUT2D eigenvalue weighted by Gasteiger charge is -2.27. The van der Waals surface area contributed by atoms with Crippen LogP contribution in [0.2, 0.25) is 0 Å². The van der Waals surface area contributed by atoms with Gasteiger partial charge in [-0.3, -0.25) is 9.59 Å². The first-order chi connectivity index (χ1) is 16.2. The number of hydrogen-bond acceptors (Lipinski definition) is 7. The van der Waals surface area contributed by atoms with E-state index in [1.807, 2.05) is 0 Å². The van der Waals surface area contributed by atoms with Gasteiger partial charge in [0.15, 0.2) is 5.76 Å². The molecular weight excluding hydrogens is 456 g/mol. The molecule has 0 saturated carbocycles. The van der Waals surface area contributed by atoms with Crippen molar-refractivity contribution in [2.24, 2.45) is 0 Å². The molecule has 3 aromatic rings. The van der Waals surface area contributed by atoms with E-state index < -0.39 is 29.5 Å². The number of hydrogen-bond donors (Lipinski definition) is 2. The van der Waals surface area contributed by atoms with Crippen LogP contribution in [0.4, 0.5) is 0 Å². The standard InChI is InChI=1S/C25H22N2O6S/c1-13-23(34-14(2)26-13)21(28)19-20(17-5-4-6-18(11-17)33-3)27(24(30)22(19)29)12-15-7-9-16(10-8-15)25(31)32/h4-11,20,29H,12H2,1-3H3,(H,31,32). The van der Waals surface area contributed by atoms with Crippen LogP contribution in [-0.4, -0.2) is 44.9 Å². The highest BCUT2D eigenvalue weighted by Crippen LogP contribution is 2.41. The Labute approximate surface area is 199 Å². The van der Waals surface area contributed by atoms with Gasteiger partial charge in [-0.2, -0.15) is 0 Å². The van der Waals surface area contributed by atoms with Gasteiger partial charge in [0.05, 0.1) is 39.9 Å². The Kier molecular flexibility index (Phi) is 6.21. The minimum atomic E-state index is -1.06. The molecular formula is C25H22N2O6S. The number of thiazole rings is 1. The number of carboxylic acids is 1. The Hall–Kier alpha value is -3.98. The van der Waals surface area contributed by atoms with E-state index in [2.05, 4.69) is 4.98 Å². The van der Waals surface area contributed by atoms with Crippen LogP contribution >= 0.6 is 11.3 Å². The zero-order chi connectivity index (χ0) is 24.6. The second kappa shape index (κ2) is 9.11. The average molecular weight is 479 g/mol. The lowest BCUT2D eigenvalue weighted by molar-refractivity contribution is -0.130. The lowest BCUT2D eigenvalue weighted by Crippen LogP contribution is -2.30. The van der Waals surface area contributed by atoms with Crippen LogP contribution in [0, 0.1) is 13.8 Å². The number of Topliss-reactive ketones (excluding diaryl/α,β-unsaturated/α-hetero) is 1. The third-order valence-corrected chi connectivity index (χ3v) is 6.69. The SMILES string of the molecule is COc1cccc(C2C(C(=O)c3sc(C)nc3C)=C(O)C(=O)N2Cc2ccc(C(=O)O)cc2)c1. The molecule has 0 radical (unpaired) electrons. The van der Waals surface area contributed by atoms with Gasteiger partial charge in [-0.05, 0) is 49.2 Å². The monoisotopic (exact) mass is 478 g/mol. The summed E-state index contributed by atoms with van der Waals surface area (Å²) in [7, 11) is 1.52. The summed E-state index contributed by atoms with van der Waals surface area (Å²) in [5, 5.41) is 20.7. The van der Waals surface area contributed by atoms with Crippen molar-refractivity contribution >= 4 is 29.0 Å². The van der Waals surface area contributed by atoms with Gasteiger partial charge >= 0.3 is 5.97 Å². The maximum Gasteiger partial charge on any atom is 0.335 e. The van der Waals surface area contributed by atoms with E-state index in [-0.39, 0.29) is 17.7 Å². The summed E-state index contributed by atoms with van der Waals surface area (Å²) in [4.78, 5) is 44.0. The number of aromatic nitrogens is 1. The first-order valence-corrected chi connectivity index (χ1v) is 11.2. The largest absolute Gasteiger partial charge is 0.503 e. The van der Waals surface area contributed by atoms with E-state index in [0.29, 0.717) is 32.5 Å². The molecule has 0 bridgehead atoms. The smallest absolute Gasteiger partial charge is 0.335 e. The van der Waals surface area contributed by atoms with E-state index in [1.165, 1.54) is 35.5 Å². The predicted octanol–water partition coefficient (Wildman–Crippen LogP) is 4.25. The summed E-state index contributed by atoms with van der Waals surface area (Å²) < 4.78 is 5.33. The Balaban J connectivity index is 1.79. The number of aromatic carboxylic acids is 1. The molecule has 34 heavy (non-hydrogen) atoms. The summed E-state index contributed by atoms with van der Waals surface area (Å²) in [6.07, 6.45) is 0. The lowest BCUT2D eigenvalue weighted by atomic mass is 9.94. The van der Waals surface area contributed by atoms with E-state index in [0.717, 1.165) is 0 Å². The van der Waals surface area contributed by atoms with Crippen LogP contribution in [0.25, 0.3) is 0 Å². The van der Waals surface area contributed by atoms with Gasteiger partial charge in [0, 0.05) is 6.54 Å². The van der Waals surface area contributed by atoms with Crippen LogP contribution in [0.3, 0.4) is 0 Å². The Morgan fingerprint density at radius 2 is 1.85 bits per heavy atom. The van der Waals surface area contributed by atoms with Crippen LogP contribution in [0.1, 0.15) is 47.9 Å². The Morgan fingerprint density at radius 1 is 1.15 bits per heavy atom. The van der Waals surface area contributed by atoms with Crippen LogP contribution in [0.5, 0.6) is 5.75 Å². The van der Waals surface area contributed by atoms with Crippen molar-refractivity contribution < 1.29 is 29.3 Å². The third-order valence-electron chi connectivity index (χ3n) is 5.62. The Bertz CT molecular complexity index is 1330. The zero-order valence-electron chi connectivity index (χ0n) is 18.7. The fourth-order valence-electron chi connectivity index (χ4n) is 4.02. The molecule has 0 aliphatic carbocycles. The molecule has 1 aromatic heterocycles. The quantitative estimate of drug-likeness (QED) is 0.488. The van der Waals surface area contributed by atoms with Gasteiger partial charge in [0.2, 0.25) is 5.78 Å². The minimum absolute atomic E-state index is 0.0211. The maximum absolute atomic E-state index is 13.6. The second-order valence-corrected chi connectivity index (χ2v) is 9.06. The summed E-state index contributed by atoms with van der Waals surface area (Å²) in [5.74, 6) is -2.26. The van der Waals surface area contributed by atoms with E-state index in [9.17, 15) is 19.5 Å². The maximum atomic E-state index is 13.6. The van der Waals surface area contributed by atoms with Crippen molar-refractivity contribution in [3.05, 3.63) is 92.1 Å². The molecule has 2 heterocycles. The molecule has 1 amide bonds. The predicted molar refractivity (Wildman–Crippen MR) is 125 cm³/mol. The Morgan fingerprint density at radius 3 is 2.44 bits per heavy atom. The van der Waals surface area contributed by atoms with Gasteiger partial charge in [-0.1, -0.05) is 24.3 Å². The first-order valence-electron chi connectivity index (χ1n) is 10.4. The number of carbonyl (C=O) groups is 3. The number of ether oxygens (including phenoxy) is 1. The molecule has 9 heteroatoms. The summed E-state index contributed by atoms with van der Waals surface area (Å²) in [5.41, 5.74) is 1.88. The van der Waals surface area contributed by atoms with E-state index in [1.54, 1.807) is 50.2 Å². The topological polar surface area (TPSA) is 117 Å². The van der Waals surface area contributed by atoms with Crippen molar-refractivity contribution in [1.82, 2.24) is 9.88 Å². The van der Waals surface area contributed by atoms with Gasteiger partial charge in [0.25, 0.3) is 5.91 Å². The van der Waals surface area contributed by atoms with Crippen LogP contribution < -0.4 is 4.74 Å². The van der Waals surface area contributed by atoms with Crippen molar-refractivity contribution in [2.45, 2.75) is 26.4 Å². The number of methoxy groups -OCH3 is 1. The summed E-state index contributed by atoms with van der Waals surface area (Å²) in [6.45, 7) is 3.56. The molecule has 174 valence electrons. The minimum Gasteiger partial charge on any atom is -0.503 e. The van der Waals surface area contributed by atoms with Crippen LogP contribution in [0.15, 0.2) is 59.9 Å². The molecule has 8 nitrogen and oxygen atoms in total. The first kappa shape index (κ1) is 23.2. The van der Waals surface area contributed by atoms with E-state index >= 15 is 0 Å². The number of aryl methyl sites for hydroxylation is 2. The number of benzene rings is 2. The van der Waals surface area contributed by atoms with Gasteiger partial charge in [-0.25, -0.2) is 9.78 Å². The molecule has 1 aliphatic rings. The molecule has 0 saturated heterocycles. The number of rotatable bonds is 7. The van der Waals surface area contributed by atoms with Gasteiger partial charge in [-0.15, -0.1) is 11.3 Å². The molecule has 1 atom stereocenters. The van der Waals surface area contributed by atoms with Crippen molar-refractivity contribution in [1.29, 1.82) is 0 Å². The van der Waals surface area contributed by atoms with Crippen molar-refractivity contribution in [3.63, 3.8) is 0 Å². The highest BCUT2D eigenvalue weighted by molar-refractivity contribution is 7.14. The number of amides is 1. The van der Waals surface area contributed by atoms with E-state index in [4.69, 9.17) is 9.84 Å². The number of nitrogens with zero attached hydrogens (tertiary/aromatic N) is 2. The highest BCUT2D eigenvalue weighted by atomic mass is 32.1. The second-order valence-electron chi connectivity index (χ2n) is 7.85. The fourth-order valence-corrected chi connectivity index (χ4v) is 4.89. The van der Waals surface area contributed by atoms with Gasteiger partial charge < -0.3 is 19.8 Å². The molecule has 2 N–H and O–H groups in total.